The molecule has 0 fully saturated rings. The molecule has 0 aliphatic rings. The predicted octanol–water partition coefficient (Wildman–Crippen LogP) is 1.27. The summed E-state index contributed by atoms with van der Waals surface area (Å²) in [6.07, 6.45) is 1.39. The van der Waals surface area contributed by atoms with Crippen molar-refractivity contribution < 1.29 is 24.2 Å². The SMILES string of the molecule is CCC(C)(CC)NC(=O)N[C@H](CCC(=O)OC)C(=O)O. The van der Waals surface area contributed by atoms with Crippen LogP contribution in [0.3, 0.4) is 0 Å². The lowest BCUT2D eigenvalue weighted by Crippen LogP contribution is -2.53. The molecule has 0 bridgehead atoms. The number of carboxylic acids is 1. The van der Waals surface area contributed by atoms with Crippen molar-refractivity contribution in [3.8, 4) is 0 Å². The largest absolute Gasteiger partial charge is 0.480 e. The highest BCUT2D eigenvalue weighted by Crippen LogP contribution is 2.13. The van der Waals surface area contributed by atoms with Gasteiger partial charge in [0.15, 0.2) is 0 Å². The molecule has 0 aliphatic heterocycles. The van der Waals surface area contributed by atoms with Gasteiger partial charge in [-0.15, -0.1) is 0 Å². The highest BCUT2D eigenvalue weighted by atomic mass is 16.5. The van der Waals surface area contributed by atoms with Crippen LogP contribution < -0.4 is 10.6 Å². The lowest BCUT2D eigenvalue weighted by atomic mass is 9.96. The number of ether oxygens (including phenoxy) is 1. The summed E-state index contributed by atoms with van der Waals surface area (Å²) in [6, 6.07) is -1.67. The van der Waals surface area contributed by atoms with Gasteiger partial charge in [-0.05, 0) is 26.2 Å². The minimum Gasteiger partial charge on any atom is -0.480 e. The van der Waals surface area contributed by atoms with Gasteiger partial charge in [0.1, 0.15) is 6.04 Å². The van der Waals surface area contributed by atoms with Gasteiger partial charge in [-0.1, -0.05) is 13.8 Å². The van der Waals surface area contributed by atoms with Gasteiger partial charge in [-0.25, -0.2) is 9.59 Å². The van der Waals surface area contributed by atoms with E-state index in [1.165, 1.54) is 7.11 Å². The summed E-state index contributed by atoms with van der Waals surface area (Å²) in [5.41, 5.74) is -0.379. The van der Waals surface area contributed by atoms with Crippen LogP contribution in [0, 0.1) is 0 Å². The third-order valence-electron chi connectivity index (χ3n) is 3.44. The average Bonchev–Trinajstić information content (AvgIpc) is 2.42. The van der Waals surface area contributed by atoms with Crippen LogP contribution in [0.1, 0.15) is 46.5 Å². The average molecular weight is 288 g/mol. The number of carbonyl (C=O) groups excluding carboxylic acids is 2. The van der Waals surface area contributed by atoms with Crippen LogP contribution in [-0.4, -0.2) is 41.8 Å². The Morgan fingerprint density at radius 2 is 1.80 bits per heavy atom. The number of urea groups is 1. The maximum absolute atomic E-state index is 11.8. The number of rotatable bonds is 8. The van der Waals surface area contributed by atoms with Gasteiger partial charge in [0.25, 0.3) is 0 Å². The molecule has 2 amide bonds. The molecule has 7 nitrogen and oxygen atoms in total. The molecule has 116 valence electrons. The number of aliphatic carboxylic acids is 1. The van der Waals surface area contributed by atoms with E-state index in [4.69, 9.17) is 5.11 Å². The number of amides is 2. The van der Waals surface area contributed by atoms with Crippen LogP contribution >= 0.6 is 0 Å². The maximum Gasteiger partial charge on any atom is 0.326 e. The molecule has 0 saturated carbocycles. The van der Waals surface area contributed by atoms with Crippen LogP contribution in [0.5, 0.6) is 0 Å². The fourth-order valence-corrected chi connectivity index (χ4v) is 1.52. The van der Waals surface area contributed by atoms with Gasteiger partial charge < -0.3 is 20.5 Å². The highest BCUT2D eigenvalue weighted by molar-refractivity contribution is 5.83. The Balaban J connectivity index is 4.48. The Labute approximate surface area is 119 Å². The number of carboxylic acid groups (broad SMARTS) is 1. The minimum absolute atomic E-state index is 0.00953. The molecule has 0 heterocycles. The molecule has 0 spiro atoms. The van der Waals surface area contributed by atoms with E-state index in [0.29, 0.717) is 0 Å². The third-order valence-corrected chi connectivity index (χ3v) is 3.44. The summed E-state index contributed by atoms with van der Waals surface area (Å²) < 4.78 is 4.44. The van der Waals surface area contributed by atoms with E-state index in [9.17, 15) is 14.4 Å². The van der Waals surface area contributed by atoms with Crippen molar-refractivity contribution in [2.75, 3.05) is 7.11 Å². The first kappa shape index (κ1) is 18.2. The Morgan fingerprint density at radius 1 is 1.25 bits per heavy atom. The topological polar surface area (TPSA) is 105 Å². The molecule has 1 atom stereocenters. The second-order valence-corrected chi connectivity index (χ2v) is 4.87. The van der Waals surface area contributed by atoms with Crippen molar-refractivity contribution in [1.82, 2.24) is 10.6 Å². The highest BCUT2D eigenvalue weighted by Gasteiger charge is 2.26. The van der Waals surface area contributed by atoms with Crippen LogP contribution in [0.4, 0.5) is 4.79 Å². The smallest absolute Gasteiger partial charge is 0.326 e. The fourth-order valence-electron chi connectivity index (χ4n) is 1.52. The molecule has 0 saturated heterocycles. The summed E-state index contributed by atoms with van der Waals surface area (Å²) in [6.45, 7) is 5.77. The predicted molar refractivity (Wildman–Crippen MR) is 73.3 cm³/mol. The second kappa shape index (κ2) is 8.39. The van der Waals surface area contributed by atoms with E-state index in [0.717, 1.165) is 12.8 Å². The number of carbonyl (C=O) groups is 3. The van der Waals surface area contributed by atoms with Crippen LogP contribution in [0.25, 0.3) is 0 Å². The van der Waals surface area contributed by atoms with Crippen molar-refractivity contribution in [2.24, 2.45) is 0 Å². The molecule has 3 N–H and O–H groups in total. The molecular weight excluding hydrogens is 264 g/mol. The molecule has 0 aliphatic carbocycles. The summed E-state index contributed by atoms with van der Waals surface area (Å²) in [7, 11) is 1.23. The maximum atomic E-state index is 11.8. The zero-order valence-corrected chi connectivity index (χ0v) is 12.5. The normalized spacial score (nSPS) is 12.4. The number of hydrogen-bond donors (Lipinski definition) is 3. The molecule has 0 aromatic rings. The lowest BCUT2D eigenvalue weighted by molar-refractivity contribution is -0.142. The zero-order valence-electron chi connectivity index (χ0n) is 12.5. The Hall–Kier alpha value is -1.79. The zero-order chi connectivity index (χ0) is 15.8. The van der Waals surface area contributed by atoms with Crippen molar-refractivity contribution in [1.29, 1.82) is 0 Å². The standard InChI is InChI=1S/C13H24N2O5/c1-5-13(3,6-2)15-12(19)14-9(11(17)18)7-8-10(16)20-4/h9H,5-8H2,1-4H3,(H,17,18)(H2,14,15,19)/t9-/m1/s1. The van der Waals surface area contributed by atoms with Crippen molar-refractivity contribution in [3.05, 3.63) is 0 Å². The number of hydrogen-bond acceptors (Lipinski definition) is 4. The third kappa shape index (κ3) is 6.40. The van der Waals surface area contributed by atoms with Gasteiger partial charge in [0.2, 0.25) is 0 Å². The van der Waals surface area contributed by atoms with Crippen LogP contribution in [-0.2, 0) is 14.3 Å². The molecule has 0 aromatic carbocycles. The summed E-state index contributed by atoms with van der Waals surface area (Å²) in [5, 5.41) is 14.1. The molecule has 0 radical (unpaired) electrons. The molecule has 0 unspecified atom stereocenters. The van der Waals surface area contributed by atoms with E-state index in [-0.39, 0.29) is 18.4 Å². The van der Waals surface area contributed by atoms with Gasteiger partial charge >= 0.3 is 18.0 Å². The first-order chi connectivity index (χ1) is 9.27. The van der Waals surface area contributed by atoms with Crippen molar-refractivity contribution in [2.45, 2.75) is 58.0 Å². The van der Waals surface area contributed by atoms with Gasteiger partial charge in [0.05, 0.1) is 7.11 Å². The summed E-state index contributed by atoms with van der Waals surface area (Å²) in [4.78, 5) is 33.9. The summed E-state index contributed by atoms with van der Waals surface area (Å²) >= 11 is 0. The van der Waals surface area contributed by atoms with Crippen LogP contribution in [0.2, 0.25) is 0 Å². The first-order valence-corrected chi connectivity index (χ1v) is 6.66. The van der Waals surface area contributed by atoms with E-state index < -0.39 is 24.0 Å². The molecular formula is C13H24N2O5. The Morgan fingerprint density at radius 3 is 2.20 bits per heavy atom. The fraction of sp³-hybridized carbons (Fsp3) is 0.769. The van der Waals surface area contributed by atoms with Crippen molar-refractivity contribution >= 4 is 18.0 Å². The second-order valence-electron chi connectivity index (χ2n) is 4.87. The Kier molecular flexibility index (Phi) is 7.64. The van der Waals surface area contributed by atoms with Crippen LogP contribution in [0.15, 0.2) is 0 Å². The van der Waals surface area contributed by atoms with Gasteiger partial charge in [-0.3, -0.25) is 4.79 Å². The van der Waals surface area contributed by atoms with Gasteiger partial charge in [0, 0.05) is 12.0 Å². The van der Waals surface area contributed by atoms with Crippen molar-refractivity contribution in [3.63, 3.8) is 0 Å². The number of methoxy groups -OCH3 is 1. The summed E-state index contributed by atoms with van der Waals surface area (Å²) in [5.74, 6) is -1.69. The number of esters is 1. The monoisotopic (exact) mass is 288 g/mol. The van der Waals surface area contributed by atoms with E-state index >= 15 is 0 Å². The van der Waals surface area contributed by atoms with E-state index in [1.54, 1.807) is 0 Å². The van der Waals surface area contributed by atoms with Gasteiger partial charge in [-0.2, -0.15) is 0 Å². The van der Waals surface area contributed by atoms with E-state index in [1.807, 2.05) is 20.8 Å². The van der Waals surface area contributed by atoms with E-state index in [2.05, 4.69) is 15.4 Å². The minimum atomic E-state index is -1.18. The Bertz CT molecular complexity index is 353. The molecule has 0 rings (SSSR count). The first-order valence-electron chi connectivity index (χ1n) is 6.66. The molecule has 0 aromatic heterocycles. The lowest BCUT2D eigenvalue weighted by Gasteiger charge is -2.29. The quantitative estimate of drug-likeness (QED) is 0.583. The molecule has 20 heavy (non-hydrogen) atoms. The molecule has 7 heteroatoms. The number of nitrogens with one attached hydrogen (secondary N) is 2.